The SMILES string of the molecule is CC1CN(C)CCCC1Oc1ccc(C#N)cc1. The molecule has 2 atom stereocenters. The quantitative estimate of drug-likeness (QED) is 0.802. The van der Waals surface area contributed by atoms with Crippen molar-refractivity contribution in [2.75, 3.05) is 20.1 Å². The third-order valence-electron chi connectivity index (χ3n) is 3.53. The van der Waals surface area contributed by atoms with Crippen LogP contribution < -0.4 is 4.74 Å². The fourth-order valence-electron chi connectivity index (χ4n) is 2.51. The first-order valence-electron chi connectivity index (χ1n) is 6.54. The van der Waals surface area contributed by atoms with Crippen LogP contribution in [0.5, 0.6) is 5.75 Å². The van der Waals surface area contributed by atoms with Gasteiger partial charge in [0, 0.05) is 12.5 Å². The lowest BCUT2D eigenvalue weighted by atomic mass is 10.0. The van der Waals surface area contributed by atoms with Crippen molar-refractivity contribution in [3.05, 3.63) is 29.8 Å². The molecule has 0 saturated carbocycles. The minimum absolute atomic E-state index is 0.280. The van der Waals surface area contributed by atoms with Gasteiger partial charge in [0.05, 0.1) is 11.6 Å². The maximum absolute atomic E-state index is 8.76. The maximum Gasteiger partial charge on any atom is 0.119 e. The van der Waals surface area contributed by atoms with Gasteiger partial charge in [0.1, 0.15) is 11.9 Å². The monoisotopic (exact) mass is 244 g/mol. The van der Waals surface area contributed by atoms with Crippen LogP contribution in [0.15, 0.2) is 24.3 Å². The Balaban J connectivity index is 2.01. The largest absolute Gasteiger partial charge is 0.490 e. The summed E-state index contributed by atoms with van der Waals surface area (Å²) in [4.78, 5) is 2.37. The molecule has 1 aromatic carbocycles. The molecule has 2 unspecified atom stereocenters. The Kier molecular flexibility index (Phi) is 4.22. The molecule has 0 N–H and O–H groups in total. The molecule has 0 spiro atoms. The average molecular weight is 244 g/mol. The molecule has 3 nitrogen and oxygen atoms in total. The summed E-state index contributed by atoms with van der Waals surface area (Å²) >= 11 is 0. The van der Waals surface area contributed by atoms with E-state index in [1.165, 1.54) is 6.42 Å². The van der Waals surface area contributed by atoms with E-state index in [9.17, 15) is 0 Å². The first kappa shape index (κ1) is 12.9. The number of hydrogen-bond donors (Lipinski definition) is 0. The van der Waals surface area contributed by atoms with E-state index in [1.807, 2.05) is 24.3 Å². The van der Waals surface area contributed by atoms with Crippen molar-refractivity contribution in [2.24, 2.45) is 5.92 Å². The predicted molar refractivity (Wildman–Crippen MR) is 71.5 cm³/mol. The van der Waals surface area contributed by atoms with Gasteiger partial charge < -0.3 is 9.64 Å². The van der Waals surface area contributed by atoms with Gasteiger partial charge in [-0.05, 0) is 50.7 Å². The summed E-state index contributed by atoms with van der Waals surface area (Å²) in [6, 6.07) is 9.51. The van der Waals surface area contributed by atoms with Crippen LogP contribution in [-0.4, -0.2) is 31.1 Å². The van der Waals surface area contributed by atoms with Crippen molar-refractivity contribution in [3.63, 3.8) is 0 Å². The Bertz CT molecular complexity index is 421. The molecule has 18 heavy (non-hydrogen) atoms. The van der Waals surface area contributed by atoms with Crippen LogP contribution in [0, 0.1) is 17.2 Å². The third-order valence-corrected chi connectivity index (χ3v) is 3.53. The Labute approximate surface area is 109 Å². The first-order valence-corrected chi connectivity index (χ1v) is 6.54. The molecule has 1 fully saturated rings. The Morgan fingerprint density at radius 2 is 2.06 bits per heavy atom. The highest BCUT2D eigenvalue weighted by Crippen LogP contribution is 2.22. The zero-order valence-electron chi connectivity index (χ0n) is 11.1. The lowest BCUT2D eigenvalue weighted by molar-refractivity contribution is 0.131. The lowest BCUT2D eigenvalue weighted by Crippen LogP contribution is -2.30. The average Bonchev–Trinajstić information content (AvgIpc) is 2.52. The van der Waals surface area contributed by atoms with Crippen LogP contribution in [0.3, 0.4) is 0 Å². The van der Waals surface area contributed by atoms with E-state index in [2.05, 4.69) is 24.9 Å². The van der Waals surface area contributed by atoms with E-state index in [0.29, 0.717) is 11.5 Å². The summed E-state index contributed by atoms with van der Waals surface area (Å²) in [5, 5.41) is 8.76. The number of hydrogen-bond acceptors (Lipinski definition) is 3. The fourth-order valence-corrected chi connectivity index (χ4v) is 2.51. The van der Waals surface area contributed by atoms with Crippen molar-refractivity contribution in [1.29, 1.82) is 5.26 Å². The number of benzene rings is 1. The molecule has 1 aliphatic heterocycles. The molecule has 2 rings (SSSR count). The molecular formula is C15H20N2O. The molecule has 1 heterocycles. The zero-order chi connectivity index (χ0) is 13.0. The van der Waals surface area contributed by atoms with Gasteiger partial charge in [0.25, 0.3) is 0 Å². The van der Waals surface area contributed by atoms with E-state index < -0.39 is 0 Å². The Morgan fingerprint density at radius 1 is 1.33 bits per heavy atom. The third kappa shape index (κ3) is 3.24. The zero-order valence-corrected chi connectivity index (χ0v) is 11.1. The van der Waals surface area contributed by atoms with Gasteiger partial charge in [-0.1, -0.05) is 6.92 Å². The summed E-state index contributed by atoms with van der Waals surface area (Å²) in [6.07, 6.45) is 2.57. The van der Waals surface area contributed by atoms with Gasteiger partial charge in [-0.2, -0.15) is 5.26 Å². The molecule has 0 amide bonds. The van der Waals surface area contributed by atoms with Crippen molar-refractivity contribution in [3.8, 4) is 11.8 Å². The summed E-state index contributed by atoms with van der Waals surface area (Å²) in [5.41, 5.74) is 0.677. The lowest BCUT2D eigenvalue weighted by Gasteiger charge is -2.24. The number of likely N-dealkylation sites (tertiary alicyclic amines) is 1. The van der Waals surface area contributed by atoms with Crippen LogP contribution in [0.4, 0.5) is 0 Å². The summed E-state index contributed by atoms with van der Waals surface area (Å²) in [7, 11) is 2.17. The number of nitriles is 1. The van der Waals surface area contributed by atoms with Crippen LogP contribution in [-0.2, 0) is 0 Å². The summed E-state index contributed by atoms with van der Waals surface area (Å²) in [5.74, 6) is 1.41. The molecule has 1 saturated heterocycles. The van der Waals surface area contributed by atoms with E-state index in [-0.39, 0.29) is 6.10 Å². The van der Waals surface area contributed by atoms with Crippen LogP contribution in [0.25, 0.3) is 0 Å². The van der Waals surface area contributed by atoms with Crippen LogP contribution >= 0.6 is 0 Å². The second-order valence-corrected chi connectivity index (χ2v) is 5.17. The Hall–Kier alpha value is -1.53. The first-order chi connectivity index (χ1) is 8.69. The van der Waals surface area contributed by atoms with E-state index in [0.717, 1.165) is 25.3 Å². The minimum atomic E-state index is 0.280. The van der Waals surface area contributed by atoms with Crippen LogP contribution in [0.1, 0.15) is 25.3 Å². The number of rotatable bonds is 2. The second-order valence-electron chi connectivity index (χ2n) is 5.17. The maximum atomic E-state index is 8.76. The molecule has 0 aliphatic carbocycles. The highest BCUT2D eigenvalue weighted by atomic mass is 16.5. The number of ether oxygens (including phenoxy) is 1. The predicted octanol–water partition coefficient (Wildman–Crippen LogP) is 2.67. The fraction of sp³-hybridized carbons (Fsp3) is 0.533. The normalized spacial score (nSPS) is 25.2. The van der Waals surface area contributed by atoms with Crippen molar-refractivity contribution in [2.45, 2.75) is 25.9 Å². The van der Waals surface area contributed by atoms with E-state index in [4.69, 9.17) is 10.00 Å². The molecule has 0 radical (unpaired) electrons. The van der Waals surface area contributed by atoms with Crippen molar-refractivity contribution < 1.29 is 4.74 Å². The van der Waals surface area contributed by atoms with Crippen molar-refractivity contribution in [1.82, 2.24) is 4.90 Å². The summed E-state index contributed by atoms with van der Waals surface area (Å²) in [6.45, 7) is 4.48. The molecule has 1 aromatic rings. The van der Waals surface area contributed by atoms with Crippen LogP contribution in [0.2, 0.25) is 0 Å². The van der Waals surface area contributed by atoms with Crippen molar-refractivity contribution >= 4 is 0 Å². The van der Waals surface area contributed by atoms with E-state index in [1.54, 1.807) is 0 Å². The van der Waals surface area contributed by atoms with Gasteiger partial charge in [-0.3, -0.25) is 0 Å². The second kappa shape index (κ2) is 5.88. The van der Waals surface area contributed by atoms with Gasteiger partial charge >= 0.3 is 0 Å². The Morgan fingerprint density at radius 3 is 2.72 bits per heavy atom. The highest BCUT2D eigenvalue weighted by molar-refractivity contribution is 5.34. The smallest absolute Gasteiger partial charge is 0.119 e. The standard InChI is InChI=1S/C15H20N2O/c1-12-11-17(2)9-3-4-15(12)18-14-7-5-13(10-16)6-8-14/h5-8,12,15H,3-4,9,11H2,1-2H3. The molecule has 0 aromatic heterocycles. The molecule has 1 aliphatic rings. The number of nitrogens with zero attached hydrogens (tertiary/aromatic N) is 2. The van der Waals surface area contributed by atoms with Gasteiger partial charge in [-0.15, -0.1) is 0 Å². The molecular weight excluding hydrogens is 224 g/mol. The summed E-state index contributed by atoms with van der Waals surface area (Å²) < 4.78 is 6.06. The van der Waals surface area contributed by atoms with E-state index >= 15 is 0 Å². The van der Waals surface area contributed by atoms with Gasteiger partial charge in [-0.25, -0.2) is 0 Å². The molecule has 0 bridgehead atoms. The minimum Gasteiger partial charge on any atom is -0.490 e. The van der Waals surface area contributed by atoms with Gasteiger partial charge in [0.2, 0.25) is 0 Å². The molecule has 3 heteroatoms. The molecule has 96 valence electrons. The highest BCUT2D eigenvalue weighted by Gasteiger charge is 2.23. The van der Waals surface area contributed by atoms with Gasteiger partial charge in [0.15, 0.2) is 0 Å². The topological polar surface area (TPSA) is 36.3 Å².